The zero-order valence-electron chi connectivity index (χ0n) is 25.8. The van der Waals surface area contributed by atoms with E-state index >= 15 is 0 Å². The van der Waals surface area contributed by atoms with Crippen molar-refractivity contribution in [3.63, 3.8) is 0 Å². The number of ether oxygens (including phenoxy) is 1. The first-order valence-corrected chi connectivity index (χ1v) is 16.5. The first-order chi connectivity index (χ1) is 22.0. The molecule has 3 N–H and O–H groups in total. The van der Waals surface area contributed by atoms with Gasteiger partial charge in [-0.05, 0) is 43.9 Å². The minimum atomic E-state index is -3.80. The fourth-order valence-electron chi connectivity index (χ4n) is 5.58. The van der Waals surface area contributed by atoms with Gasteiger partial charge in [0.05, 0.1) is 18.5 Å². The van der Waals surface area contributed by atoms with E-state index < -0.39 is 21.5 Å². The van der Waals surface area contributed by atoms with Gasteiger partial charge in [0, 0.05) is 54.0 Å². The zero-order chi connectivity index (χ0) is 33.2. The van der Waals surface area contributed by atoms with Crippen molar-refractivity contribution < 1.29 is 26.7 Å². The molecule has 1 aromatic carbocycles. The van der Waals surface area contributed by atoms with Gasteiger partial charge in [-0.3, -0.25) is 14.2 Å². The number of sulfone groups is 1. The molecule has 0 aliphatic rings. The lowest BCUT2D eigenvalue weighted by molar-refractivity contribution is 0.0650. The number of carbonyl (C=O) groups is 1. The van der Waals surface area contributed by atoms with Crippen molar-refractivity contribution in [2.24, 2.45) is 0 Å². The second kappa shape index (κ2) is 13.2. The number of benzene rings is 1. The standard InChI is InChI=1S/C31H34F2N8O4S/c1-5-12-40(31(42)29-36-17-37-39-29)19(6-2)8-10-25-27(46(4,43)44)28(34)41-13-11-20(30(41)38-25)18-7-9-24(35-16-18)21-14-23(33)26(45-3)15-22(21)32/h7,9,11,13-17,19H,5-6,8,10,12,34H2,1-4H3,(H,36,37,39)/t19-/m1/s1. The van der Waals surface area contributed by atoms with Gasteiger partial charge in [-0.1, -0.05) is 19.9 Å². The largest absolute Gasteiger partial charge is 0.494 e. The smallest absolute Gasteiger partial charge is 0.291 e. The molecular weight excluding hydrogens is 618 g/mol. The molecule has 0 bridgehead atoms. The summed E-state index contributed by atoms with van der Waals surface area (Å²) in [5, 5.41) is 7.58. The monoisotopic (exact) mass is 652 g/mol. The van der Waals surface area contributed by atoms with E-state index in [1.165, 1.54) is 24.0 Å². The molecule has 0 saturated heterocycles. The van der Waals surface area contributed by atoms with Crippen LogP contribution in [-0.2, 0) is 16.3 Å². The van der Waals surface area contributed by atoms with Gasteiger partial charge < -0.3 is 20.4 Å². The van der Waals surface area contributed by atoms with Gasteiger partial charge in [-0.2, -0.15) is 0 Å². The third kappa shape index (κ3) is 6.27. The van der Waals surface area contributed by atoms with Crippen LogP contribution in [-0.4, -0.2) is 74.7 Å². The molecule has 0 aliphatic carbocycles. The highest BCUT2D eigenvalue weighted by molar-refractivity contribution is 7.91. The van der Waals surface area contributed by atoms with E-state index in [0.29, 0.717) is 42.6 Å². The molecule has 242 valence electrons. The van der Waals surface area contributed by atoms with Gasteiger partial charge in [-0.15, -0.1) is 10.2 Å². The number of nitrogens with zero attached hydrogens (tertiary/aromatic N) is 6. The Morgan fingerprint density at radius 3 is 2.54 bits per heavy atom. The van der Waals surface area contributed by atoms with Gasteiger partial charge in [-0.25, -0.2) is 22.2 Å². The Kier molecular flexibility index (Phi) is 9.32. The topological polar surface area (TPSA) is 161 Å². The number of pyridine rings is 1. The van der Waals surface area contributed by atoms with Crippen LogP contribution in [0.25, 0.3) is 28.0 Å². The van der Waals surface area contributed by atoms with Crippen LogP contribution in [0.5, 0.6) is 5.75 Å². The zero-order valence-corrected chi connectivity index (χ0v) is 26.6. The van der Waals surface area contributed by atoms with Crippen molar-refractivity contribution >= 4 is 27.2 Å². The van der Waals surface area contributed by atoms with Crippen molar-refractivity contribution in [2.75, 3.05) is 25.6 Å². The lowest BCUT2D eigenvalue weighted by atomic mass is 10.0. The second-order valence-corrected chi connectivity index (χ2v) is 12.8. The molecule has 15 heteroatoms. The number of nitrogens with one attached hydrogen (secondary N) is 1. The fraction of sp³-hybridized carbons (Fsp3) is 0.323. The molecule has 4 heterocycles. The van der Waals surface area contributed by atoms with E-state index in [-0.39, 0.29) is 57.6 Å². The second-order valence-electron chi connectivity index (χ2n) is 10.8. The number of methoxy groups -OCH3 is 1. The van der Waals surface area contributed by atoms with E-state index in [2.05, 4.69) is 20.2 Å². The van der Waals surface area contributed by atoms with Gasteiger partial charge in [0.15, 0.2) is 21.4 Å². The van der Waals surface area contributed by atoms with E-state index in [9.17, 15) is 22.0 Å². The lowest BCUT2D eigenvalue weighted by Crippen LogP contribution is -2.41. The number of aryl methyl sites for hydroxylation is 1. The summed E-state index contributed by atoms with van der Waals surface area (Å²) >= 11 is 0. The average molecular weight is 653 g/mol. The molecule has 46 heavy (non-hydrogen) atoms. The number of hydrogen-bond donors (Lipinski definition) is 2. The van der Waals surface area contributed by atoms with Crippen LogP contribution in [0.4, 0.5) is 14.6 Å². The Balaban J connectivity index is 1.51. The first kappa shape index (κ1) is 32.5. The SMILES string of the molecule is CCCN(C(=O)c1nnc[nH]1)[C@H](CC)CCc1nc2c(-c3ccc(-c4cc(F)c(OC)cc4F)nc3)ccn2c(N)c1S(C)(=O)=O. The van der Waals surface area contributed by atoms with Gasteiger partial charge in [0.25, 0.3) is 5.91 Å². The molecular formula is C31H34F2N8O4S. The predicted molar refractivity (Wildman–Crippen MR) is 168 cm³/mol. The molecule has 1 atom stereocenters. The number of anilines is 1. The molecule has 0 saturated carbocycles. The maximum absolute atomic E-state index is 14.7. The van der Waals surface area contributed by atoms with E-state index in [1.54, 1.807) is 29.3 Å². The van der Waals surface area contributed by atoms with Crippen LogP contribution >= 0.6 is 0 Å². The van der Waals surface area contributed by atoms with E-state index in [4.69, 9.17) is 15.5 Å². The molecule has 12 nitrogen and oxygen atoms in total. The molecule has 5 aromatic rings. The number of amides is 1. The quantitative estimate of drug-likeness (QED) is 0.194. The molecule has 0 spiro atoms. The number of rotatable bonds is 12. The third-order valence-corrected chi connectivity index (χ3v) is 8.97. The summed E-state index contributed by atoms with van der Waals surface area (Å²) in [6.07, 6.45) is 7.49. The van der Waals surface area contributed by atoms with Gasteiger partial charge in [0.2, 0.25) is 5.82 Å². The van der Waals surface area contributed by atoms with E-state index in [0.717, 1.165) is 18.4 Å². The van der Waals surface area contributed by atoms with Crippen molar-refractivity contribution in [3.05, 3.63) is 72.2 Å². The molecule has 0 aliphatic heterocycles. The summed E-state index contributed by atoms with van der Waals surface area (Å²) in [7, 11) is -2.54. The maximum atomic E-state index is 14.7. The molecule has 4 aromatic heterocycles. The summed E-state index contributed by atoms with van der Waals surface area (Å²) in [6, 6.07) is 6.71. The van der Waals surface area contributed by atoms with Crippen LogP contribution in [0.15, 0.2) is 53.9 Å². The lowest BCUT2D eigenvalue weighted by Gasteiger charge is -2.30. The van der Waals surface area contributed by atoms with Crippen molar-refractivity contribution in [1.29, 1.82) is 0 Å². The minimum Gasteiger partial charge on any atom is -0.494 e. The summed E-state index contributed by atoms with van der Waals surface area (Å²) in [5.74, 6) is -1.78. The number of nitrogen functional groups attached to an aromatic ring is 1. The Labute approximate surface area is 264 Å². The average Bonchev–Trinajstić information content (AvgIpc) is 3.72. The van der Waals surface area contributed by atoms with Crippen LogP contribution in [0.2, 0.25) is 0 Å². The van der Waals surface area contributed by atoms with Crippen LogP contribution in [0, 0.1) is 11.6 Å². The number of hydrogen-bond acceptors (Lipinski definition) is 9. The van der Waals surface area contributed by atoms with Crippen molar-refractivity contribution in [1.82, 2.24) is 34.4 Å². The van der Waals surface area contributed by atoms with Crippen LogP contribution in [0.1, 0.15) is 49.4 Å². The number of H-pyrrole nitrogens is 1. The highest BCUT2D eigenvalue weighted by Crippen LogP contribution is 2.33. The maximum Gasteiger partial charge on any atom is 0.291 e. The van der Waals surface area contributed by atoms with Gasteiger partial charge in [0.1, 0.15) is 28.5 Å². The molecule has 0 unspecified atom stereocenters. The fourth-order valence-corrected chi connectivity index (χ4v) is 6.64. The summed E-state index contributed by atoms with van der Waals surface area (Å²) in [6.45, 7) is 4.40. The number of fused-ring (bicyclic) bond motifs is 1. The van der Waals surface area contributed by atoms with E-state index in [1.807, 2.05) is 13.8 Å². The summed E-state index contributed by atoms with van der Waals surface area (Å²) in [5.41, 5.74) is 8.52. The number of carbonyl (C=O) groups excluding carboxylic acids is 1. The third-order valence-electron chi connectivity index (χ3n) is 7.79. The Hall–Kier alpha value is -4.92. The van der Waals surface area contributed by atoms with Crippen molar-refractivity contribution in [3.8, 4) is 28.1 Å². The molecule has 5 rings (SSSR count). The molecule has 1 amide bonds. The normalized spacial score (nSPS) is 12.4. The van der Waals surface area contributed by atoms with Gasteiger partial charge >= 0.3 is 0 Å². The Morgan fingerprint density at radius 1 is 1.15 bits per heavy atom. The number of nitrogens with two attached hydrogens (primary N) is 1. The van der Waals surface area contributed by atoms with Crippen LogP contribution in [0.3, 0.4) is 0 Å². The Bertz CT molecular complexity index is 1980. The minimum absolute atomic E-state index is 0.00491. The highest BCUT2D eigenvalue weighted by Gasteiger charge is 2.28. The molecule has 0 radical (unpaired) electrons. The Morgan fingerprint density at radius 2 is 1.93 bits per heavy atom. The summed E-state index contributed by atoms with van der Waals surface area (Å²) in [4.78, 5) is 26.8. The number of aromatic nitrogens is 6. The first-order valence-electron chi connectivity index (χ1n) is 14.6. The van der Waals surface area contributed by atoms with Crippen LogP contribution < -0.4 is 10.5 Å². The number of aromatic amines is 1. The summed E-state index contributed by atoms with van der Waals surface area (Å²) < 4.78 is 61.3. The number of halogens is 2. The predicted octanol–water partition coefficient (Wildman–Crippen LogP) is 4.72. The highest BCUT2D eigenvalue weighted by atomic mass is 32.2. The van der Waals surface area contributed by atoms with Crippen molar-refractivity contribution in [2.45, 2.75) is 50.5 Å². The molecule has 0 fully saturated rings.